The van der Waals surface area contributed by atoms with E-state index >= 15 is 0 Å². The summed E-state index contributed by atoms with van der Waals surface area (Å²) in [5.41, 5.74) is 0.879. The van der Waals surface area contributed by atoms with Crippen LogP contribution in [0.3, 0.4) is 0 Å². The van der Waals surface area contributed by atoms with E-state index in [0.29, 0.717) is 37.1 Å². The molecule has 114 valence electrons. The molecule has 2 heterocycles. The highest BCUT2D eigenvalue weighted by Crippen LogP contribution is 2.20. The molecule has 0 radical (unpaired) electrons. The highest BCUT2D eigenvalue weighted by molar-refractivity contribution is 6.02. The van der Waals surface area contributed by atoms with Crippen molar-refractivity contribution in [3.05, 3.63) is 45.2 Å². The van der Waals surface area contributed by atoms with E-state index in [1.807, 2.05) is 0 Å². The molecule has 2 unspecified atom stereocenters. The molecule has 0 amide bonds. The van der Waals surface area contributed by atoms with Crippen molar-refractivity contribution in [2.45, 2.75) is 37.8 Å². The lowest BCUT2D eigenvalue weighted by Crippen LogP contribution is -2.28. The molecule has 0 aliphatic carbocycles. The van der Waals surface area contributed by atoms with E-state index in [1.165, 1.54) is 0 Å². The summed E-state index contributed by atoms with van der Waals surface area (Å²) in [7, 11) is 0. The predicted octanol–water partition coefficient (Wildman–Crippen LogP) is 1.93. The van der Waals surface area contributed by atoms with Gasteiger partial charge < -0.3 is 0 Å². The molecule has 2 saturated heterocycles. The number of rotatable bonds is 4. The minimum atomic E-state index is -0.603. The number of hydrogen-bond acceptors (Lipinski definition) is 4. The van der Waals surface area contributed by atoms with Crippen LogP contribution in [0.2, 0.25) is 0 Å². The summed E-state index contributed by atoms with van der Waals surface area (Å²) in [5, 5.41) is 0. The van der Waals surface area contributed by atoms with Crippen molar-refractivity contribution in [1.82, 2.24) is 0 Å². The molecule has 0 saturated carbocycles. The van der Waals surface area contributed by atoms with Crippen LogP contribution in [0.5, 0.6) is 0 Å². The smallest absolute Gasteiger partial charge is 0.263 e. The molecular formula is C16H18N2O4+2. The molecular weight excluding hydrogens is 284 g/mol. The summed E-state index contributed by atoms with van der Waals surface area (Å²) in [4.78, 5) is 47.7. The fourth-order valence-electron chi connectivity index (χ4n) is 3.19. The van der Waals surface area contributed by atoms with Crippen LogP contribution in [-0.4, -0.2) is 46.3 Å². The quantitative estimate of drug-likeness (QED) is 0.629. The van der Waals surface area contributed by atoms with E-state index < -0.39 is 12.1 Å². The fourth-order valence-corrected chi connectivity index (χ4v) is 3.19. The van der Waals surface area contributed by atoms with Gasteiger partial charge in [0.05, 0.1) is 0 Å². The second kappa shape index (κ2) is 5.87. The van der Waals surface area contributed by atoms with Crippen LogP contribution in [0.15, 0.2) is 24.3 Å². The summed E-state index contributed by atoms with van der Waals surface area (Å²) in [6.07, 6.45) is 2.63. The number of nitrogens with zero attached hydrogens (tertiary/aromatic N) is 2. The van der Waals surface area contributed by atoms with E-state index in [2.05, 4.69) is 0 Å². The van der Waals surface area contributed by atoms with E-state index in [9.17, 15) is 19.4 Å². The SMILES string of the molecule is O=C(c1ccc(C(=O)C2CCC[N+]2=O)cc1)C1CCC[N+]1=O. The van der Waals surface area contributed by atoms with E-state index in [0.717, 1.165) is 22.4 Å². The van der Waals surface area contributed by atoms with Crippen LogP contribution in [0.25, 0.3) is 0 Å². The first-order chi connectivity index (χ1) is 10.6. The lowest BCUT2D eigenvalue weighted by atomic mass is 9.98. The number of ketones is 2. The minimum absolute atomic E-state index is 0.196. The van der Waals surface area contributed by atoms with Crippen molar-refractivity contribution < 1.29 is 19.1 Å². The van der Waals surface area contributed by atoms with Gasteiger partial charge in [-0.05, 0) is 0 Å². The van der Waals surface area contributed by atoms with Crippen LogP contribution in [0.4, 0.5) is 0 Å². The summed E-state index contributed by atoms with van der Waals surface area (Å²) in [6.45, 7) is 0.794. The molecule has 2 aliphatic heterocycles. The van der Waals surface area contributed by atoms with Gasteiger partial charge in [-0.2, -0.15) is 0 Å². The maximum atomic E-state index is 12.3. The Bertz CT molecular complexity index is 594. The van der Waals surface area contributed by atoms with Gasteiger partial charge in [-0.3, -0.25) is 9.59 Å². The Morgan fingerprint density at radius 3 is 1.41 bits per heavy atom. The zero-order valence-electron chi connectivity index (χ0n) is 12.2. The van der Waals surface area contributed by atoms with E-state index in [1.54, 1.807) is 24.3 Å². The summed E-state index contributed by atoms with van der Waals surface area (Å²) >= 11 is 0. The highest BCUT2D eigenvalue weighted by atomic mass is 16.3. The maximum Gasteiger partial charge on any atom is 0.263 e. The average Bonchev–Trinajstić information content (AvgIpc) is 3.14. The number of nitroso groups, excluding NO2 is 2. The summed E-state index contributed by atoms with van der Waals surface area (Å²) in [6, 6.07) is 5.09. The molecule has 0 N–H and O–H groups in total. The lowest BCUT2D eigenvalue weighted by Gasteiger charge is -2.05. The van der Waals surface area contributed by atoms with Gasteiger partial charge in [0.2, 0.25) is 11.6 Å². The number of Topliss-reactive ketones (excluding diaryl/α,β-unsaturated/α-hetero) is 2. The standard InChI is InChI=1S/C16H18N2O4/c19-15(13-3-1-9-17(13)21)11-5-7-12(8-6-11)16(20)14-4-2-10-18(14)22/h5-8,13-14H,1-4,9-10H2/q+2. The first-order valence-corrected chi connectivity index (χ1v) is 7.64. The molecule has 1 aromatic rings. The van der Waals surface area contributed by atoms with Crippen LogP contribution in [0.1, 0.15) is 46.4 Å². The Labute approximate surface area is 127 Å². The Balaban J connectivity index is 1.75. The van der Waals surface area contributed by atoms with Gasteiger partial charge in [0, 0.05) is 56.1 Å². The minimum Gasteiger partial charge on any atom is -0.286 e. The van der Waals surface area contributed by atoms with Crippen molar-refractivity contribution in [2.24, 2.45) is 0 Å². The first kappa shape index (κ1) is 14.7. The van der Waals surface area contributed by atoms with Crippen molar-refractivity contribution in [2.75, 3.05) is 13.1 Å². The highest BCUT2D eigenvalue weighted by Gasteiger charge is 2.40. The number of carbonyl (C=O) groups excluding carboxylic acids is 2. The first-order valence-electron chi connectivity index (χ1n) is 7.64. The van der Waals surface area contributed by atoms with Gasteiger partial charge >= 0.3 is 0 Å². The predicted molar refractivity (Wildman–Crippen MR) is 78.1 cm³/mol. The Morgan fingerprint density at radius 2 is 1.14 bits per heavy atom. The Hall–Kier alpha value is -2.24. The van der Waals surface area contributed by atoms with Crippen LogP contribution < -0.4 is 0 Å². The number of benzene rings is 1. The fraction of sp³-hybridized carbons (Fsp3) is 0.500. The van der Waals surface area contributed by atoms with Gasteiger partial charge in [0.25, 0.3) is 12.1 Å². The Morgan fingerprint density at radius 1 is 0.773 bits per heavy atom. The van der Waals surface area contributed by atoms with Crippen molar-refractivity contribution >= 4 is 11.6 Å². The van der Waals surface area contributed by atoms with Crippen LogP contribution in [0, 0.1) is 9.81 Å². The third-order valence-electron chi connectivity index (χ3n) is 4.47. The molecule has 3 rings (SSSR count). The zero-order valence-corrected chi connectivity index (χ0v) is 12.2. The molecule has 2 aliphatic rings. The van der Waals surface area contributed by atoms with Crippen molar-refractivity contribution in [1.29, 1.82) is 0 Å². The van der Waals surface area contributed by atoms with E-state index in [4.69, 9.17) is 0 Å². The number of hydrogen-bond donors (Lipinski definition) is 0. The van der Waals surface area contributed by atoms with Crippen LogP contribution in [-0.2, 0) is 0 Å². The molecule has 6 heteroatoms. The van der Waals surface area contributed by atoms with E-state index in [-0.39, 0.29) is 11.6 Å². The van der Waals surface area contributed by atoms with Crippen molar-refractivity contribution in [3.63, 3.8) is 0 Å². The largest absolute Gasteiger partial charge is 0.286 e. The monoisotopic (exact) mass is 302 g/mol. The molecule has 0 bridgehead atoms. The average molecular weight is 302 g/mol. The van der Waals surface area contributed by atoms with Gasteiger partial charge in [0.1, 0.15) is 0 Å². The second-order valence-corrected chi connectivity index (χ2v) is 5.90. The van der Waals surface area contributed by atoms with Gasteiger partial charge in [-0.1, -0.05) is 24.3 Å². The number of carbonyl (C=O) groups is 2. The molecule has 22 heavy (non-hydrogen) atoms. The van der Waals surface area contributed by atoms with Crippen LogP contribution >= 0.6 is 0 Å². The molecule has 2 fully saturated rings. The lowest BCUT2D eigenvalue weighted by molar-refractivity contribution is -0.549. The molecule has 2 atom stereocenters. The van der Waals surface area contributed by atoms with Gasteiger partial charge in [-0.25, -0.2) is 0 Å². The second-order valence-electron chi connectivity index (χ2n) is 5.90. The molecule has 0 spiro atoms. The molecule has 0 aromatic heterocycles. The third-order valence-corrected chi connectivity index (χ3v) is 4.47. The summed E-state index contributed by atoms with van der Waals surface area (Å²) < 4.78 is 1.66. The Kier molecular flexibility index (Phi) is 3.92. The normalized spacial score (nSPS) is 24.7. The molecule has 1 aromatic carbocycles. The van der Waals surface area contributed by atoms with Gasteiger partial charge in [0.15, 0.2) is 13.1 Å². The van der Waals surface area contributed by atoms with Crippen molar-refractivity contribution in [3.8, 4) is 0 Å². The van der Waals surface area contributed by atoms with Gasteiger partial charge in [-0.15, -0.1) is 0 Å². The molecule has 6 nitrogen and oxygen atoms in total. The zero-order chi connectivity index (χ0) is 15.7. The summed E-state index contributed by atoms with van der Waals surface area (Å²) in [5.74, 6) is -0.393. The third kappa shape index (κ3) is 2.61. The maximum absolute atomic E-state index is 12.3. The topological polar surface area (TPSA) is 74.3 Å².